The Morgan fingerprint density at radius 1 is 1.43 bits per heavy atom. The molecule has 0 fully saturated rings. The van der Waals surface area contributed by atoms with Crippen LogP contribution in [0.15, 0.2) is 11.6 Å². The van der Waals surface area contributed by atoms with E-state index in [0.29, 0.717) is 0 Å². The van der Waals surface area contributed by atoms with Crippen LogP contribution in [0.5, 0.6) is 0 Å². The molecule has 0 aliphatic carbocycles. The lowest BCUT2D eigenvalue weighted by Gasteiger charge is -2.00. The number of hydrogen-bond acceptors (Lipinski definition) is 0. The normalized spacial score (nSPS) is 13.0. The van der Waals surface area contributed by atoms with Crippen LogP contribution in [0.4, 0.5) is 0 Å². The first-order valence-electron chi connectivity index (χ1n) is 2.81. The minimum Gasteiger partial charge on any atom is -0.0885 e. The second kappa shape index (κ2) is 2.84. The zero-order valence-corrected chi connectivity index (χ0v) is 5.65. The molecule has 0 nitrogen and oxygen atoms in total. The Morgan fingerprint density at radius 3 is 1.86 bits per heavy atom. The molecule has 0 N–H and O–H groups in total. The summed E-state index contributed by atoms with van der Waals surface area (Å²) in [6, 6.07) is 0. The van der Waals surface area contributed by atoms with Crippen molar-refractivity contribution >= 4 is 0 Å². The molecule has 0 radical (unpaired) electrons. The van der Waals surface area contributed by atoms with E-state index in [-0.39, 0.29) is 0 Å². The third kappa shape index (κ3) is 2.44. The molecule has 0 aliphatic rings. The van der Waals surface area contributed by atoms with Crippen molar-refractivity contribution in [3.05, 3.63) is 11.6 Å². The summed E-state index contributed by atoms with van der Waals surface area (Å²) in [6.45, 7) is 8.64. The van der Waals surface area contributed by atoms with Crippen molar-refractivity contribution in [1.29, 1.82) is 0 Å². The molecule has 0 saturated carbocycles. The second-order valence-corrected chi connectivity index (χ2v) is 2.19. The summed E-state index contributed by atoms with van der Waals surface area (Å²) in [4.78, 5) is 0. The highest BCUT2D eigenvalue weighted by Crippen LogP contribution is 2.05. The highest BCUT2D eigenvalue weighted by Gasteiger charge is 1.90. The van der Waals surface area contributed by atoms with Crippen LogP contribution in [0.1, 0.15) is 27.7 Å². The molecular weight excluding hydrogens is 84.1 g/mol. The molecule has 0 spiro atoms. The average molecular weight is 98.2 g/mol. The summed E-state index contributed by atoms with van der Waals surface area (Å²) < 4.78 is 0. The summed E-state index contributed by atoms with van der Waals surface area (Å²) >= 11 is 0. The number of hydrogen-bond donors (Lipinski definition) is 0. The summed E-state index contributed by atoms with van der Waals surface area (Å²) in [5.74, 6) is 0.727. The van der Waals surface area contributed by atoms with Crippen molar-refractivity contribution < 1.29 is 0 Å². The van der Waals surface area contributed by atoms with E-state index >= 15 is 0 Å². The van der Waals surface area contributed by atoms with Gasteiger partial charge in [-0.1, -0.05) is 25.5 Å². The third-order valence-electron chi connectivity index (χ3n) is 1.37. The fraction of sp³-hybridized carbons (Fsp3) is 0.714. The van der Waals surface area contributed by atoms with Gasteiger partial charge in [-0.05, 0) is 19.8 Å². The van der Waals surface area contributed by atoms with E-state index in [0.717, 1.165) is 5.92 Å². The zero-order chi connectivity index (χ0) is 5.86. The van der Waals surface area contributed by atoms with Crippen molar-refractivity contribution in [2.24, 2.45) is 5.92 Å². The maximum absolute atomic E-state index is 2.20. The molecular formula is C7H14. The predicted octanol–water partition coefficient (Wildman–Crippen LogP) is 2.61. The van der Waals surface area contributed by atoms with Crippen molar-refractivity contribution in [2.75, 3.05) is 0 Å². The van der Waals surface area contributed by atoms with Gasteiger partial charge in [0, 0.05) is 0 Å². The molecule has 0 rings (SSSR count). The molecule has 0 heteroatoms. The first-order valence-corrected chi connectivity index (χ1v) is 2.81. The third-order valence-corrected chi connectivity index (χ3v) is 1.37. The lowest BCUT2D eigenvalue weighted by molar-refractivity contribution is 0.767. The van der Waals surface area contributed by atoms with Crippen molar-refractivity contribution in [1.82, 2.24) is 0 Å². The van der Waals surface area contributed by atoms with Gasteiger partial charge in [-0.25, -0.2) is 0 Å². The Kier molecular flexibility index (Phi) is 2.73. The van der Waals surface area contributed by atoms with E-state index in [1.807, 2.05) is 0 Å². The number of allylic oxidation sites excluding steroid dienone is 2. The maximum Gasteiger partial charge on any atom is -0.0263 e. The molecule has 0 aromatic carbocycles. The molecule has 0 atom stereocenters. The molecule has 0 aliphatic heterocycles. The minimum atomic E-state index is 0.727. The Balaban J connectivity index is 3.56. The van der Waals surface area contributed by atoms with Crippen LogP contribution in [-0.2, 0) is 0 Å². The molecule has 42 valence electrons. The quantitative estimate of drug-likeness (QED) is 0.442. The Labute approximate surface area is 46.2 Å². The van der Waals surface area contributed by atoms with E-state index < -0.39 is 0 Å². The molecule has 0 saturated heterocycles. The van der Waals surface area contributed by atoms with Crippen molar-refractivity contribution in [2.45, 2.75) is 27.7 Å². The predicted molar refractivity (Wildman–Crippen MR) is 34.3 cm³/mol. The van der Waals surface area contributed by atoms with Gasteiger partial charge in [-0.15, -0.1) is 0 Å². The smallest absolute Gasteiger partial charge is 0.0263 e. The van der Waals surface area contributed by atoms with Gasteiger partial charge in [-0.2, -0.15) is 0 Å². The van der Waals surface area contributed by atoms with Gasteiger partial charge in [0.05, 0.1) is 0 Å². The average Bonchev–Trinajstić information content (AvgIpc) is 1.65. The lowest BCUT2D eigenvalue weighted by atomic mass is 10.1. The van der Waals surface area contributed by atoms with E-state index in [1.165, 1.54) is 5.57 Å². The van der Waals surface area contributed by atoms with Crippen LogP contribution >= 0.6 is 0 Å². The van der Waals surface area contributed by atoms with Crippen LogP contribution < -0.4 is 0 Å². The largest absolute Gasteiger partial charge is 0.0885 e. The molecule has 0 amide bonds. The molecule has 0 aromatic rings. The zero-order valence-electron chi connectivity index (χ0n) is 5.65. The Bertz CT molecular complexity index is 68.1. The van der Waals surface area contributed by atoms with E-state index in [9.17, 15) is 0 Å². The summed E-state index contributed by atoms with van der Waals surface area (Å²) in [7, 11) is 0. The standard InChI is InChI=1S/C7H14/c1-5-7(4)6(2)3/h5-6H,1-4H3/b7-5-. The van der Waals surface area contributed by atoms with Crippen LogP contribution in [0.25, 0.3) is 0 Å². The fourth-order valence-electron chi connectivity index (χ4n) is 0.333. The Morgan fingerprint density at radius 2 is 1.86 bits per heavy atom. The highest BCUT2D eigenvalue weighted by molar-refractivity contribution is 4.97. The SMILES string of the molecule is C/C=C(/C)C(C)C. The second-order valence-electron chi connectivity index (χ2n) is 2.19. The van der Waals surface area contributed by atoms with Crippen molar-refractivity contribution in [3.63, 3.8) is 0 Å². The van der Waals surface area contributed by atoms with E-state index in [2.05, 4.69) is 33.8 Å². The van der Waals surface area contributed by atoms with Gasteiger partial charge in [0.1, 0.15) is 0 Å². The molecule has 7 heavy (non-hydrogen) atoms. The van der Waals surface area contributed by atoms with Crippen molar-refractivity contribution in [3.8, 4) is 0 Å². The van der Waals surface area contributed by atoms with Gasteiger partial charge < -0.3 is 0 Å². The molecule has 0 aromatic heterocycles. The highest BCUT2D eigenvalue weighted by atomic mass is 14.0. The monoisotopic (exact) mass is 98.1 g/mol. The van der Waals surface area contributed by atoms with Crippen LogP contribution in [0, 0.1) is 5.92 Å². The fourth-order valence-corrected chi connectivity index (χ4v) is 0.333. The van der Waals surface area contributed by atoms with Gasteiger partial charge in [-0.3, -0.25) is 0 Å². The maximum atomic E-state index is 2.20. The first kappa shape index (κ1) is 6.74. The Hall–Kier alpha value is -0.260. The summed E-state index contributed by atoms with van der Waals surface area (Å²) in [5, 5.41) is 0. The van der Waals surface area contributed by atoms with Crippen LogP contribution in [0.3, 0.4) is 0 Å². The van der Waals surface area contributed by atoms with Gasteiger partial charge in [0.25, 0.3) is 0 Å². The van der Waals surface area contributed by atoms with E-state index in [1.54, 1.807) is 0 Å². The topological polar surface area (TPSA) is 0 Å². The van der Waals surface area contributed by atoms with E-state index in [4.69, 9.17) is 0 Å². The van der Waals surface area contributed by atoms with Gasteiger partial charge in [0.2, 0.25) is 0 Å². The molecule has 0 bridgehead atoms. The number of rotatable bonds is 1. The van der Waals surface area contributed by atoms with Gasteiger partial charge >= 0.3 is 0 Å². The minimum absolute atomic E-state index is 0.727. The molecule has 0 unspecified atom stereocenters. The first-order chi connectivity index (χ1) is 3.18. The van der Waals surface area contributed by atoms with Crippen LogP contribution in [0.2, 0.25) is 0 Å². The summed E-state index contributed by atoms with van der Waals surface area (Å²) in [5.41, 5.74) is 1.47. The van der Waals surface area contributed by atoms with Gasteiger partial charge in [0.15, 0.2) is 0 Å². The molecule has 0 heterocycles. The summed E-state index contributed by atoms with van der Waals surface area (Å²) in [6.07, 6.45) is 2.16. The lowest BCUT2D eigenvalue weighted by Crippen LogP contribution is -1.85. The van der Waals surface area contributed by atoms with Crippen LogP contribution in [-0.4, -0.2) is 0 Å².